The van der Waals surface area contributed by atoms with E-state index in [1.165, 1.54) is 17.0 Å². The summed E-state index contributed by atoms with van der Waals surface area (Å²) >= 11 is 0. The maximum atomic E-state index is 14.0. The number of aliphatic hydroxyl groups is 1. The summed E-state index contributed by atoms with van der Waals surface area (Å²) < 4.78 is 14.0. The lowest BCUT2D eigenvalue weighted by atomic mass is 10.1. The van der Waals surface area contributed by atoms with Crippen LogP contribution in [-0.4, -0.2) is 41.7 Å². The van der Waals surface area contributed by atoms with Crippen LogP contribution >= 0.6 is 0 Å². The number of halogens is 1. The second-order valence-electron chi connectivity index (χ2n) is 4.65. The van der Waals surface area contributed by atoms with Gasteiger partial charge in [0.25, 0.3) is 5.91 Å². The van der Waals surface area contributed by atoms with E-state index in [0.717, 1.165) is 12.8 Å². The smallest absolute Gasteiger partial charge is 0.257 e. The van der Waals surface area contributed by atoms with Crippen LogP contribution in [0, 0.1) is 17.7 Å². The van der Waals surface area contributed by atoms with Crippen LogP contribution in [0.4, 0.5) is 4.39 Å². The van der Waals surface area contributed by atoms with Crippen molar-refractivity contribution in [2.75, 3.05) is 19.7 Å². The first-order chi connectivity index (χ1) is 9.67. The van der Waals surface area contributed by atoms with E-state index in [1.54, 1.807) is 6.07 Å². The molecule has 1 aromatic carbocycles. The summed E-state index contributed by atoms with van der Waals surface area (Å²) in [5.74, 6) is 4.38. The van der Waals surface area contributed by atoms with Crippen molar-refractivity contribution < 1.29 is 14.3 Å². The van der Waals surface area contributed by atoms with E-state index in [1.807, 2.05) is 0 Å². The topological polar surface area (TPSA) is 66.6 Å². The minimum Gasteiger partial charge on any atom is -0.395 e. The summed E-state index contributed by atoms with van der Waals surface area (Å²) in [5.41, 5.74) is 5.76. The Morgan fingerprint density at radius 2 is 2.25 bits per heavy atom. The lowest BCUT2D eigenvalue weighted by molar-refractivity contribution is 0.0703. The van der Waals surface area contributed by atoms with Crippen molar-refractivity contribution in [3.05, 3.63) is 35.1 Å². The maximum absolute atomic E-state index is 14.0. The lowest BCUT2D eigenvalue weighted by Gasteiger charge is -2.21. The molecule has 0 aliphatic heterocycles. The molecule has 3 N–H and O–H groups in total. The van der Waals surface area contributed by atoms with Crippen molar-refractivity contribution in [1.29, 1.82) is 0 Å². The van der Waals surface area contributed by atoms with Crippen molar-refractivity contribution in [2.24, 2.45) is 5.73 Å². The normalized spacial score (nSPS) is 13.6. The largest absolute Gasteiger partial charge is 0.395 e. The molecule has 1 fully saturated rings. The van der Waals surface area contributed by atoms with Crippen molar-refractivity contribution in [2.45, 2.75) is 18.9 Å². The summed E-state index contributed by atoms with van der Waals surface area (Å²) in [6, 6.07) is 4.40. The molecule has 1 amide bonds. The zero-order chi connectivity index (χ0) is 14.5. The minimum atomic E-state index is -0.595. The van der Waals surface area contributed by atoms with Crippen LogP contribution in [0.2, 0.25) is 0 Å². The summed E-state index contributed by atoms with van der Waals surface area (Å²) in [4.78, 5) is 13.8. The molecule has 0 atom stereocenters. The molecule has 0 spiro atoms. The van der Waals surface area contributed by atoms with Crippen molar-refractivity contribution >= 4 is 5.91 Å². The maximum Gasteiger partial charge on any atom is 0.257 e. The highest BCUT2D eigenvalue weighted by Gasteiger charge is 2.33. The second-order valence-corrected chi connectivity index (χ2v) is 4.65. The lowest BCUT2D eigenvalue weighted by Crippen LogP contribution is -2.36. The standard InChI is InChI=1S/C15H17FN2O2/c16-14-10-11(2-1-7-17)3-6-13(14)15(20)18(8-9-19)12-4-5-12/h3,6,10,12,19H,4-5,7-9,17H2. The van der Waals surface area contributed by atoms with Crippen LogP contribution in [0.25, 0.3) is 0 Å². The molecule has 1 saturated carbocycles. The van der Waals surface area contributed by atoms with Crippen molar-refractivity contribution in [3.8, 4) is 11.8 Å². The molecule has 0 unspecified atom stereocenters. The number of nitrogens with two attached hydrogens (primary N) is 1. The molecule has 1 aliphatic rings. The Bertz CT molecular complexity index is 559. The van der Waals surface area contributed by atoms with Crippen molar-refractivity contribution in [1.82, 2.24) is 4.90 Å². The molecular weight excluding hydrogens is 259 g/mol. The highest BCUT2D eigenvalue weighted by atomic mass is 19.1. The molecule has 2 rings (SSSR count). The van der Waals surface area contributed by atoms with Crippen LogP contribution in [0.5, 0.6) is 0 Å². The number of aliphatic hydroxyl groups excluding tert-OH is 1. The number of hydrogen-bond acceptors (Lipinski definition) is 3. The van der Waals surface area contributed by atoms with E-state index < -0.39 is 5.82 Å². The van der Waals surface area contributed by atoms with Gasteiger partial charge in [0.2, 0.25) is 0 Å². The van der Waals surface area contributed by atoms with Gasteiger partial charge in [-0.25, -0.2) is 4.39 Å². The number of carbonyl (C=O) groups excluding carboxylic acids is 1. The fraction of sp³-hybridized carbons (Fsp3) is 0.400. The van der Waals surface area contributed by atoms with Crippen LogP contribution in [0.15, 0.2) is 18.2 Å². The first kappa shape index (κ1) is 14.5. The highest BCUT2D eigenvalue weighted by molar-refractivity contribution is 5.95. The van der Waals surface area contributed by atoms with Gasteiger partial charge in [0.1, 0.15) is 5.82 Å². The van der Waals surface area contributed by atoms with Gasteiger partial charge >= 0.3 is 0 Å². The second kappa shape index (κ2) is 6.51. The van der Waals surface area contributed by atoms with E-state index in [9.17, 15) is 9.18 Å². The molecule has 0 saturated heterocycles. The van der Waals surface area contributed by atoms with Gasteiger partial charge in [-0.05, 0) is 31.0 Å². The van der Waals surface area contributed by atoms with Gasteiger partial charge in [0.05, 0.1) is 18.7 Å². The summed E-state index contributed by atoms with van der Waals surface area (Å²) in [7, 11) is 0. The fourth-order valence-corrected chi connectivity index (χ4v) is 2.02. The summed E-state index contributed by atoms with van der Waals surface area (Å²) in [5, 5.41) is 9.00. The van der Waals surface area contributed by atoms with Gasteiger partial charge in [0, 0.05) is 18.2 Å². The van der Waals surface area contributed by atoms with Gasteiger partial charge < -0.3 is 15.7 Å². The van der Waals surface area contributed by atoms with Gasteiger partial charge in [-0.15, -0.1) is 0 Å². The number of rotatable bonds is 4. The first-order valence-electron chi connectivity index (χ1n) is 6.57. The Balaban J connectivity index is 2.21. The third-order valence-corrected chi connectivity index (χ3v) is 3.12. The average Bonchev–Trinajstić information content (AvgIpc) is 3.26. The molecule has 0 heterocycles. The monoisotopic (exact) mass is 276 g/mol. The molecule has 1 aromatic rings. The molecule has 20 heavy (non-hydrogen) atoms. The fourth-order valence-electron chi connectivity index (χ4n) is 2.02. The van der Waals surface area contributed by atoms with Gasteiger partial charge in [-0.1, -0.05) is 11.8 Å². The molecule has 106 valence electrons. The Kier molecular flexibility index (Phi) is 4.72. The zero-order valence-corrected chi connectivity index (χ0v) is 11.1. The highest BCUT2D eigenvalue weighted by Crippen LogP contribution is 2.28. The molecule has 0 bridgehead atoms. The van der Waals surface area contributed by atoms with Gasteiger partial charge in [0.15, 0.2) is 0 Å². The van der Waals surface area contributed by atoms with Gasteiger partial charge in [-0.2, -0.15) is 0 Å². The number of carbonyl (C=O) groups is 1. The molecular formula is C15H17FN2O2. The van der Waals surface area contributed by atoms with Crippen LogP contribution < -0.4 is 5.73 Å². The van der Waals surface area contributed by atoms with Crippen LogP contribution in [0.3, 0.4) is 0 Å². The molecule has 0 radical (unpaired) electrons. The average molecular weight is 276 g/mol. The van der Waals surface area contributed by atoms with E-state index in [0.29, 0.717) is 5.56 Å². The molecule has 5 heteroatoms. The van der Waals surface area contributed by atoms with E-state index >= 15 is 0 Å². The molecule has 1 aliphatic carbocycles. The Morgan fingerprint density at radius 1 is 1.50 bits per heavy atom. The first-order valence-corrected chi connectivity index (χ1v) is 6.57. The number of benzene rings is 1. The summed E-state index contributed by atoms with van der Waals surface area (Å²) in [6.45, 7) is 0.315. The summed E-state index contributed by atoms with van der Waals surface area (Å²) in [6.07, 6.45) is 1.82. The minimum absolute atomic E-state index is 0.0173. The third kappa shape index (κ3) is 3.35. The Hall–Kier alpha value is -1.90. The van der Waals surface area contributed by atoms with Crippen LogP contribution in [-0.2, 0) is 0 Å². The van der Waals surface area contributed by atoms with Crippen LogP contribution in [0.1, 0.15) is 28.8 Å². The third-order valence-electron chi connectivity index (χ3n) is 3.12. The van der Waals surface area contributed by atoms with Gasteiger partial charge in [-0.3, -0.25) is 4.79 Å². The SMILES string of the molecule is NCC#Cc1ccc(C(=O)N(CCO)C2CC2)c(F)c1. The quantitative estimate of drug-likeness (QED) is 0.797. The Labute approximate surface area is 117 Å². The number of hydrogen-bond donors (Lipinski definition) is 2. The molecule has 4 nitrogen and oxygen atoms in total. The van der Waals surface area contributed by atoms with E-state index in [2.05, 4.69) is 11.8 Å². The zero-order valence-electron chi connectivity index (χ0n) is 11.1. The number of nitrogens with zero attached hydrogens (tertiary/aromatic N) is 1. The predicted molar refractivity (Wildman–Crippen MR) is 73.5 cm³/mol. The molecule has 0 aromatic heterocycles. The predicted octanol–water partition coefficient (Wildman–Crippen LogP) is 0.733. The van der Waals surface area contributed by atoms with E-state index in [4.69, 9.17) is 10.8 Å². The van der Waals surface area contributed by atoms with E-state index in [-0.39, 0.29) is 37.2 Å². The van der Waals surface area contributed by atoms with Crippen molar-refractivity contribution in [3.63, 3.8) is 0 Å². The number of amides is 1. The Morgan fingerprint density at radius 3 is 2.80 bits per heavy atom.